The maximum absolute atomic E-state index is 5.32. The number of benzene rings is 2. The highest BCUT2D eigenvalue weighted by atomic mass is 16.5. The van der Waals surface area contributed by atoms with Crippen molar-refractivity contribution < 1.29 is 9.47 Å². The Morgan fingerprint density at radius 2 is 1.62 bits per heavy atom. The fourth-order valence-corrected chi connectivity index (χ4v) is 2.22. The molecule has 3 aromatic rings. The van der Waals surface area contributed by atoms with Gasteiger partial charge in [0.25, 0.3) is 0 Å². The Bertz CT molecular complexity index is 736. The maximum atomic E-state index is 5.32. The van der Waals surface area contributed by atoms with Gasteiger partial charge in [0.2, 0.25) is 0 Å². The van der Waals surface area contributed by atoms with Crippen LogP contribution in [0.4, 0.5) is 0 Å². The lowest BCUT2D eigenvalue weighted by Crippen LogP contribution is -1.91. The highest BCUT2D eigenvalue weighted by molar-refractivity contribution is 5.66. The van der Waals surface area contributed by atoms with Crippen LogP contribution in [-0.2, 0) is 0 Å². The molecule has 0 unspecified atom stereocenters. The van der Waals surface area contributed by atoms with E-state index in [9.17, 15) is 0 Å². The fourth-order valence-electron chi connectivity index (χ4n) is 2.22. The molecule has 0 radical (unpaired) electrons. The molecular formula is C17H16N2O2. The first-order valence-corrected chi connectivity index (χ1v) is 6.64. The number of nitrogens with one attached hydrogen (secondary N) is 1. The Morgan fingerprint density at radius 3 is 2.33 bits per heavy atom. The molecule has 0 aliphatic heterocycles. The van der Waals surface area contributed by atoms with Crippen molar-refractivity contribution in [3.8, 4) is 34.1 Å². The van der Waals surface area contributed by atoms with E-state index in [4.69, 9.17) is 9.47 Å². The van der Waals surface area contributed by atoms with Crippen LogP contribution in [0.25, 0.3) is 22.6 Å². The number of imidazole rings is 1. The van der Waals surface area contributed by atoms with E-state index in [1.807, 2.05) is 54.7 Å². The van der Waals surface area contributed by atoms with Gasteiger partial charge in [0.1, 0.15) is 5.82 Å². The topological polar surface area (TPSA) is 47.1 Å². The molecule has 4 nitrogen and oxygen atoms in total. The first-order valence-electron chi connectivity index (χ1n) is 6.64. The highest BCUT2D eigenvalue weighted by Gasteiger charge is 2.09. The lowest BCUT2D eigenvalue weighted by molar-refractivity contribution is 0.355. The summed E-state index contributed by atoms with van der Waals surface area (Å²) in [6, 6.07) is 15.8. The van der Waals surface area contributed by atoms with Crippen LogP contribution in [-0.4, -0.2) is 24.2 Å². The molecule has 0 saturated heterocycles. The minimum Gasteiger partial charge on any atom is -0.493 e. The van der Waals surface area contributed by atoms with Crippen molar-refractivity contribution in [2.75, 3.05) is 14.2 Å². The fraction of sp³-hybridized carbons (Fsp3) is 0.118. The third-order valence-electron chi connectivity index (χ3n) is 3.32. The van der Waals surface area contributed by atoms with Crippen LogP contribution >= 0.6 is 0 Å². The molecule has 3 rings (SSSR count). The van der Waals surface area contributed by atoms with Gasteiger partial charge < -0.3 is 14.5 Å². The minimum atomic E-state index is 0.688. The van der Waals surface area contributed by atoms with E-state index in [0.29, 0.717) is 11.5 Å². The molecule has 4 heteroatoms. The van der Waals surface area contributed by atoms with Gasteiger partial charge in [0.15, 0.2) is 11.5 Å². The first kappa shape index (κ1) is 13.2. The van der Waals surface area contributed by atoms with E-state index in [1.54, 1.807) is 14.2 Å². The van der Waals surface area contributed by atoms with Crippen LogP contribution in [0.5, 0.6) is 11.5 Å². The van der Waals surface area contributed by atoms with E-state index < -0.39 is 0 Å². The molecule has 21 heavy (non-hydrogen) atoms. The lowest BCUT2D eigenvalue weighted by Gasteiger charge is -2.08. The van der Waals surface area contributed by atoms with E-state index in [2.05, 4.69) is 9.97 Å². The van der Waals surface area contributed by atoms with Gasteiger partial charge in [0.05, 0.1) is 26.1 Å². The van der Waals surface area contributed by atoms with Crippen LogP contribution < -0.4 is 9.47 Å². The molecule has 0 fully saturated rings. The first-order chi connectivity index (χ1) is 10.3. The molecule has 0 amide bonds. The molecule has 0 aliphatic carbocycles. The molecule has 0 bridgehead atoms. The number of aromatic nitrogens is 2. The summed E-state index contributed by atoms with van der Waals surface area (Å²) in [5.74, 6) is 2.19. The highest BCUT2D eigenvalue weighted by Crippen LogP contribution is 2.31. The smallest absolute Gasteiger partial charge is 0.161 e. The van der Waals surface area contributed by atoms with Crippen molar-refractivity contribution >= 4 is 0 Å². The van der Waals surface area contributed by atoms with Gasteiger partial charge in [-0.1, -0.05) is 30.3 Å². The molecule has 106 valence electrons. The monoisotopic (exact) mass is 280 g/mol. The largest absolute Gasteiger partial charge is 0.493 e. The van der Waals surface area contributed by atoms with Gasteiger partial charge in [0, 0.05) is 5.56 Å². The van der Waals surface area contributed by atoms with Gasteiger partial charge in [-0.25, -0.2) is 4.98 Å². The van der Waals surface area contributed by atoms with E-state index in [0.717, 1.165) is 22.6 Å². The number of ether oxygens (including phenoxy) is 2. The number of rotatable bonds is 4. The molecule has 0 aliphatic rings. The van der Waals surface area contributed by atoms with Crippen LogP contribution in [0.2, 0.25) is 0 Å². The maximum Gasteiger partial charge on any atom is 0.161 e. The van der Waals surface area contributed by atoms with Crippen molar-refractivity contribution in [3.63, 3.8) is 0 Å². The summed E-state index contributed by atoms with van der Waals surface area (Å²) in [5, 5.41) is 0. The van der Waals surface area contributed by atoms with E-state index >= 15 is 0 Å². The molecule has 0 atom stereocenters. The van der Waals surface area contributed by atoms with Gasteiger partial charge in [-0.05, 0) is 23.8 Å². The Kier molecular flexibility index (Phi) is 3.60. The SMILES string of the molecule is COc1ccc(-c2ncc(-c3ccccc3)[nH]2)cc1OC. The molecule has 2 aromatic carbocycles. The molecular weight excluding hydrogens is 264 g/mol. The predicted octanol–water partition coefficient (Wildman–Crippen LogP) is 3.76. The quantitative estimate of drug-likeness (QED) is 0.791. The third-order valence-corrected chi connectivity index (χ3v) is 3.32. The van der Waals surface area contributed by atoms with Crippen molar-refractivity contribution in [2.24, 2.45) is 0 Å². The van der Waals surface area contributed by atoms with Crippen LogP contribution in [0.1, 0.15) is 0 Å². The Labute approximate surface area is 123 Å². The van der Waals surface area contributed by atoms with Crippen molar-refractivity contribution in [1.82, 2.24) is 9.97 Å². The number of H-pyrrole nitrogens is 1. The number of nitrogens with zero attached hydrogens (tertiary/aromatic N) is 1. The van der Waals surface area contributed by atoms with Gasteiger partial charge in [-0.15, -0.1) is 0 Å². The standard InChI is InChI=1S/C17H16N2O2/c1-20-15-9-8-13(10-16(15)21-2)17-18-11-14(19-17)12-6-4-3-5-7-12/h3-11H,1-2H3,(H,18,19). The van der Waals surface area contributed by atoms with Crippen molar-refractivity contribution in [2.45, 2.75) is 0 Å². The Morgan fingerprint density at radius 1 is 0.857 bits per heavy atom. The van der Waals surface area contributed by atoms with Crippen LogP contribution in [0.3, 0.4) is 0 Å². The molecule has 0 saturated carbocycles. The summed E-state index contributed by atoms with van der Waals surface area (Å²) >= 11 is 0. The lowest BCUT2D eigenvalue weighted by atomic mass is 10.2. The number of methoxy groups -OCH3 is 2. The molecule has 1 heterocycles. The van der Waals surface area contributed by atoms with Gasteiger partial charge in [-0.3, -0.25) is 0 Å². The second-order valence-corrected chi connectivity index (χ2v) is 4.58. The zero-order chi connectivity index (χ0) is 14.7. The summed E-state index contributed by atoms with van der Waals surface area (Å²) in [4.78, 5) is 7.77. The molecule has 1 N–H and O–H groups in total. The van der Waals surface area contributed by atoms with Gasteiger partial charge in [-0.2, -0.15) is 0 Å². The number of hydrogen-bond acceptors (Lipinski definition) is 3. The minimum absolute atomic E-state index is 0.688. The average molecular weight is 280 g/mol. The van der Waals surface area contributed by atoms with Crippen molar-refractivity contribution in [3.05, 3.63) is 54.7 Å². The third kappa shape index (κ3) is 2.60. The summed E-state index contributed by atoms with van der Waals surface area (Å²) in [7, 11) is 3.25. The second-order valence-electron chi connectivity index (χ2n) is 4.58. The summed E-state index contributed by atoms with van der Waals surface area (Å²) in [5.41, 5.74) is 3.05. The van der Waals surface area contributed by atoms with Crippen LogP contribution in [0, 0.1) is 0 Å². The van der Waals surface area contributed by atoms with Gasteiger partial charge >= 0.3 is 0 Å². The van der Waals surface area contributed by atoms with E-state index in [1.165, 1.54) is 0 Å². The second kappa shape index (κ2) is 5.71. The van der Waals surface area contributed by atoms with Crippen molar-refractivity contribution in [1.29, 1.82) is 0 Å². The zero-order valence-electron chi connectivity index (χ0n) is 12.0. The molecule has 1 aromatic heterocycles. The number of aromatic amines is 1. The zero-order valence-corrected chi connectivity index (χ0v) is 12.0. The number of hydrogen-bond donors (Lipinski definition) is 1. The summed E-state index contributed by atoms with van der Waals surface area (Å²) in [6.07, 6.45) is 1.83. The predicted molar refractivity (Wildman–Crippen MR) is 82.6 cm³/mol. The summed E-state index contributed by atoms with van der Waals surface area (Å²) in [6.45, 7) is 0. The Balaban J connectivity index is 1.97. The average Bonchev–Trinajstić information content (AvgIpc) is 3.05. The Hall–Kier alpha value is -2.75. The van der Waals surface area contributed by atoms with E-state index in [-0.39, 0.29) is 0 Å². The van der Waals surface area contributed by atoms with Crippen LogP contribution in [0.15, 0.2) is 54.7 Å². The summed E-state index contributed by atoms with van der Waals surface area (Å²) < 4.78 is 10.6. The molecule has 0 spiro atoms. The normalized spacial score (nSPS) is 10.4.